The van der Waals surface area contributed by atoms with E-state index in [-0.39, 0.29) is 0 Å². The van der Waals surface area contributed by atoms with E-state index in [4.69, 9.17) is 11.6 Å². The first-order chi connectivity index (χ1) is 11.1. The highest BCUT2D eigenvalue weighted by atomic mass is 35.5. The molecule has 0 radical (unpaired) electrons. The van der Waals surface area contributed by atoms with E-state index in [1.807, 2.05) is 18.2 Å². The van der Waals surface area contributed by atoms with Gasteiger partial charge in [0.1, 0.15) is 0 Å². The molecule has 23 heavy (non-hydrogen) atoms. The fourth-order valence-electron chi connectivity index (χ4n) is 2.52. The molecule has 0 unspecified atom stereocenters. The predicted molar refractivity (Wildman–Crippen MR) is 93.1 cm³/mol. The number of benzene rings is 2. The van der Waals surface area contributed by atoms with Crippen molar-refractivity contribution >= 4 is 33.5 Å². The second-order valence-electron chi connectivity index (χ2n) is 5.42. The molecular weight excluding hydrogens is 332 g/mol. The molecule has 2 aromatic carbocycles. The van der Waals surface area contributed by atoms with Crippen LogP contribution in [0.2, 0.25) is 5.02 Å². The Morgan fingerprint density at radius 2 is 1.74 bits per heavy atom. The molecule has 0 amide bonds. The minimum Gasteiger partial charge on any atom is -0.256 e. The SMILES string of the molecule is O=S(=O)(c1ccc(N=Cc2cccc(Cl)c2)cc1)N1CCCC1. The van der Waals surface area contributed by atoms with Gasteiger partial charge in [-0.3, -0.25) is 4.99 Å². The van der Waals surface area contributed by atoms with Gasteiger partial charge in [-0.25, -0.2) is 8.42 Å². The number of hydrogen-bond acceptors (Lipinski definition) is 3. The second-order valence-corrected chi connectivity index (χ2v) is 7.79. The zero-order valence-electron chi connectivity index (χ0n) is 12.5. The summed E-state index contributed by atoms with van der Waals surface area (Å²) in [5.74, 6) is 0. The Kier molecular flexibility index (Phi) is 4.80. The van der Waals surface area contributed by atoms with Gasteiger partial charge in [-0.05, 0) is 54.8 Å². The summed E-state index contributed by atoms with van der Waals surface area (Å²) >= 11 is 5.93. The van der Waals surface area contributed by atoms with Gasteiger partial charge in [0, 0.05) is 24.3 Å². The average molecular weight is 349 g/mol. The first-order valence-corrected chi connectivity index (χ1v) is 9.27. The van der Waals surface area contributed by atoms with Gasteiger partial charge >= 0.3 is 0 Å². The lowest BCUT2D eigenvalue weighted by atomic mass is 10.2. The molecule has 1 aliphatic heterocycles. The standard InChI is InChI=1S/C17H17ClN2O2S/c18-15-5-3-4-14(12-15)13-19-16-6-8-17(9-7-16)23(21,22)20-10-1-2-11-20/h3-9,12-13H,1-2,10-11H2. The van der Waals surface area contributed by atoms with Crippen molar-refractivity contribution in [3.05, 3.63) is 59.1 Å². The van der Waals surface area contributed by atoms with E-state index < -0.39 is 10.0 Å². The largest absolute Gasteiger partial charge is 0.256 e. The Morgan fingerprint density at radius 3 is 2.39 bits per heavy atom. The van der Waals surface area contributed by atoms with Crippen LogP contribution in [-0.2, 0) is 10.0 Å². The summed E-state index contributed by atoms with van der Waals surface area (Å²) in [6, 6.07) is 14.0. The number of rotatable bonds is 4. The molecule has 0 aromatic heterocycles. The number of hydrogen-bond donors (Lipinski definition) is 0. The first-order valence-electron chi connectivity index (χ1n) is 7.45. The monoisotopic (exact) mass is 348 g/mol. The molecule has 4 nitrogen and oxygen atoms in total. The van der Waals surface area contributed by atoms with Crippen molar-refractivity contribution in [2.45, 2.75) is 17.7 Å². The van der Waals surface area contributed by atoms with Crippen LogP contribution in [0.5, 0.6) is 0 Å². The van der Waals surface area contributed by atoms with E-state index in [0.29, 0.717) is 28.7 Å². The van der Waals surface area contributed by atoms with Crippen LogP contribution in [0.4, 0.5) is 5.69 Å². The van der Waals surface area contributed by atoms with Crippen LogP contribution in [0.15, 0.2) is 58.4 Å². The summed E-state index contributed by atoms with van der Waals surface area (Å²) in [5.41, 5.74) is 1.59. The smallest absolute Gasteiger partial charge is 0.243 e. The summed E-state index contributed by atoms with van der Waals surface area (Å²) < 4.78 is 26.4. The van der Waals surface area contributed by atoms with Crippen molar-refractivity contribution in [1.82, 2.24) is 4.31 Å². The summed E-state index contributed by atoms with van der Waals surface area (Å²) in [4.78, 5) is 4.67. The van der Waals surface area contributed by atoms with E-state index in [1.165, 1.54) is 4.31 Å². The van der Waals surface area contributed by atoms with Crippen LogP contribution in [0.25, 0.3) is 0 Å². The maximum Gasteiger partial charge on any atom is 0.243 e. The molecule has 0 spiro atoms. The van der Waals surface area contributed by atoms with Gasteiger partial charge in [-0.1, -0.05) is 23.7 Å². The average Bonchev–Trinajstić information content (AvgIpc) is 3.09. The Labute approximate surface area is 141 Å². The third kappa shape index (κ3) is 3.80. The molecule has 0 bridgehead atoms. The molecule has 0 aliphatic carbocycles. The van der Waals surface area contributed by atoms with Crippen molar-refractivity contribution in [3.63, 3.8) is 0 Å². The molecule has 3 rings (SSSR count). The zero-order chi connectivity index (χ0) is 16.3. The van der Waals surface area contributed by atoms with Gasteiger partial charge in [-0.15, -0.1) is 0 Å². The number of nitrogens with zero attached hydrogens (tertiary/aromatic N) is 2. The lowest BCUT2D eigenvalue weighted by molar-refractivity contribution is 0.477. The van der Waals surface area contributed by atoms with E-state index in [9.17, 15) is 8.42 Å². The quantitative estimate of drug-likeness (QED) is 0.787. The molecule has 6 heteroatoms. The Balaban J connectivity index is 1.77. The highest BCUT2D eigenvalue weighted by molar-refractivity contribution is 7.89. The molecule has 1 heterocycles. The molecule has 0 atom stereocenters. The van der Waals surface area contributed by atoms with Crippen molar-refractivity contribution in [2.75, 3.05) is 13.1 Å². The zero-order valence-corrected chi connectivity index (χ0v) is 14.1. The summed E-state index contributed by atoms with van der Waals surface area (Å²) in [6.45, 7) is 1.22. The Bertz CT molecular complexity index is 811. The summed E-state index contributed by atoms with van der Waals surface area (Å²) in [7, 11) is -3.36. The van der Waals surface area contributed by atoms with Gasteiger partial charge in [0.25, 0.3) is 0 Å². The second kappa shape index (κ2) is 6.83. The van der Waals surface area contributed by atoms with Crippen molar-refractivity contribution in [1.29, 1.82) is 0 Å². The number of aliphatic imine (C=N–C) groups is 1. The van der Waals surface area contributed by atoms with Crippen LogP contribution in [0.3, 0.4) is 0 Å². The van der Waals surface area contributed by atoms with Gasteiger partial charge in [0.15, 0.2) is 0 Å². The van der Waals surface area contributed by atoms with Crippen LogP contribution < -0.4 is 0 Å². The Morgan fingerprint density at radius 1 is 1.04 bits per heavy atom. The third-order valence-electron chi connectivity index (χ3n) is 3.75. The lowest BCUT2D eigenvalue weighted by Gasteiger charge is -2.15. The fourth-order valence-corrected chi connectivity index (χ4v) is 4.23. The minimum atomic E-state index is -3.36. The molecule has 1 fully saturated rings. The van der Waals surface area contributed by atoms with Gasteiger partial charge < -0.3 is 0 Å². The van der Waals surface area contributed by atoms with Crippen molar-refractivity contribution in [2.24, 2.45) is 4.99 Å². The minimum absolute atomic E-state index is 0.320. The molecular formula is C17H17ClN2O2S. The molecule has 1 saturated heterocycles. The highest BCUT2D eigenvalue weighted by Crippen LogP contribution is 2.23. The first kappa shape index (κ1) is 16.2. The summed E-state index contributed by atoms with van der Waals surface area (Å²) in [6.07, 6.45) is 3.57. The third-order valence-corrected chi connectivity index (χ3v) is 5.90. The van der Waals surface area contributed by atoms with E-state index in [2.05, 4.69) is 4.99 Å². The Hall–Kier alpha value is -1.69. The molecule has 0 saturated carbocycles. The van der Waals surface area contributed by atoms with Crippen LogP contribution in [-0.4, -0.2) is 32.0 Å². The van der Waals surface area contributed by atoms with Crippen LogP contribution in [0, 0.1) is 0 Å². The normalized spacial score (nSPS) is 16.2. The van der Waals surface area contributed by atoms with E-state index in [1.54, 1.807) is 36.5 Å². The molecule has 2 aromatic rings. The van der Waals surface area contributed by atoms with E-state index >= 15 is 0 Å². The highest BCUT2D eigenvalue weighted by Gasteiger charge is 2.26. The van der Waals surface area contributed by atoms with E-state index in [0.717, 1.165) is 18.4 Å². The topological polar surface area (TPSA) is 49.7 Å². The van der Waals surface area contributed by atoms with Crippen molar-refractivity contribution < 1.29 is 8.42 Å². The number of halogens is 1. The van der Waals surface area contributed by atoms with Gasteiger partial charge in [0.05, 0.1) is 10.6 Å². The maximum absolute atomic E-state index is 12.4. The van der Waals surface area contributed by atoms with Crippen molar-refractivity contribution in [3.8, 4) is 0 Å². The predicted octanol–water partition coefficient (Wildman–Crippen LogP) is 3.88. The van der Waals surface area contributed by atoms with Gasteiger partial charge in [0.2, 0.25) is 10.0 Å². The lowest BCUT2D eigenvalue weighted by Crippen LogP contribution is -2.27. The molecule has 120 valence electrons. The maximum atomic E-state index is 12.4. The molecule has 0 N–H and O–H groups in total. The van der Waals surface area contributed by atoms with Crippen LogP contribution >= 0.6 is 11.6 Å². The van der Waals surface area contributed by atoms with Crippen LogP contribution in [0.1, 0.15) is 18.4 Å². The summed E-state index contributed by atoms with van der Waals surface area (Å²) in [5, 5.41) is 0.654. The fraction of sp³-hybridized carbons (Fsp3) is 0.235. The number of sulfonamides is 1. The van der Waals surface area contributed by atoms with Gasteiger partial charge in [-0.2, -0.15) is 4.31 Å². The molecule has 1 aliphatic rings.